The lowest BCUT2D eigenvalue weighted by Gasteiger charge is -2.35. The molecule has 2 fully saturated rings. The van der Waals surface area contributed by atoms with E-state index in [-0.39, 0.29) is 17.9 Å². The molecule has 31 heavy (non-hydrogen) atoms. The average Bonchev–Trinajstić information content (AvgIpc) is 3.32. The van der Waals surface area contributed by atoms with Crippen molar-refractivity contribution in [3.8, 4) is 0 Å². The zero-order valence-electron chi connectivity index (χ0n) is 17.3. The molecule has 0 aliphatic carbocycles. The number of ether oxygens (including phenoxy) is 1. The topological polar surface area (TPSA) is 61.9 Å². The predicted octanol–water partition coefficient (Wildman–Crippen LogP) is 3.75. The summed E-state index contributed by atoms with van der Waals surface area (Å²) in [4.78, 5) is 31.1. The Bertz CT molecular complexity index is 911. The number of piperazine rings is 1. The van der Waals surface area contributed by atoms with Crippen molar-refractivity contribution in [2.45, 2.75) is 28.7 Å². The van der Waals surface area contributed by atoms with Gasteiger partial charge >= 0.3 is 0 Å². The van der Waals surface area contributed by atoms with E-state index in [2.05, 4.69) is 10.2 Å². The van der Waals surface area contributed by atoms with Crippen LogP contribution < -0.4 is 5.32 Å². The zero-order chi connectivity index (χ0) is 21.6. The highest BCUT2D eigenvalue weighted by molar-refractivity contribution is 7.99. The predicted molar refractivity (Wildman–Crippen MR) is 123 cm³/mol. The van der Waals surface area contributed by atoms with Gasteiger partial charge in [0.1, 0.15) is 6.10 Å². The first-order valence-electron chi connectivity index (χ1n) is 10.5. The first-order valence-corrected chi connectivity index (χ1v) is 11.7. The molecule has 0 saturated carbocycles. The first-order chi connectivity index (χ1) is 15.1. The molecular weight excluding hydrogens is 434 g/mol. The molecule has 2 aromatic carbocycles. The van der Waals surface area contributed by atoms with Gasteiger partial charge < -0.3 is 15.0 Å². The maximum absolute atomic E-state index is 12.7. The van der Waals surface area contributed by atoms with E-state index in [0.29, 0.717) is 44.4 Å². The van der Waals surface area contributed by atoms with Crippen LogP contribution in [0.1, 0.15) is 12.8 Å². The van der Waals surface area contributed by atoms with Crippen molar-refractivity contribution >= 4 is 40.9 Å². The van der Waals surface area contributed by atoms with Crippen LogP contribution in [-0.4, -0.2) is 67.0 Å². The number of nitrogens with one attached hydrogen (secondary N) is 1. The van der Waals surface area contributed by atoms with E-state index >= 15 is 0 Å². The summed E-state index contributed by atoms with van der Waals surface area (Å²) in [6.45, 7) is 3.63. The molecule has 2 aromatic rings. The molecule has 0 spiro atoms. The number of halogens is 1. The SMILES string of the molecule is O=C(CN1CCN(C(=O)C2CCCO2)CC1)Nc1ccccc1Sc1ccc(Cl)cc1. The van der Waals surface area contributed by atoms with E-state index < -0.39 is 0 Å². The second kappa shape index (κ2) is 10.5. The van der Waals surface area contributed by atoms with E-state index in [0.717, 1.165) is 28.3 Å². The minimum Gasteiger partial charge on any atom is -0.368 e. The van der Waals surface area contributed by atoms with E-state index in [1.165, 1.54) is 0 Å². The molecule has 1 atom stereocenters. The van der Waals surface area contributed by atoms with Gasteiger partial charge in [-0.05, 0) is 49.2 Å². The normalized spacial score (nSPS) is 19.4. The monoisotopic (exact) mass is 459 g/mol. The number of carbonyl (C=O) groups excluding carboxylic acids is 2. The summed E-state index contributed by atoms with van der Waals surface area (Å²) in [5.41, 5.74) is 0.791. The fourth-order valence-electron chi connectivity index (χ4n) is 3.78. The fourth-order valence-corrected chi connectivity index (χ4v) is 4.81. The summed E-state index contributed by atoms with van der Waals surface area (Å²) in [5.74, 6) is 0.0396. The molecule has 6 nitrogen and oxygen atoms in total. The van der Waals surface area contributed by atoms with Crippen LogP contribution in [0.2, 0.25) is 5.02 Å². The summed E-state index contributed by atoms with van der Waals surface area (Å²) < 4.78 is 5.51. The van der Waals surface area contributed by atoms with Gasteiger partial charge in [0.15, 0.2) is 0 Å². The minimum atomic E-state index is -0.274. The first kappa shape index (κ1) is 22.1. The van der Waals surface area contributed by atoms with E-state index in [1.54, 1.807) is 11.8 Å². The Balaban J connectivity index is 1.28. The molecule has 2 aliphatic heterocycles. The van der Waals surface area contributed by atoms with Crippen LogP contribution >= 0.6 is 23.4 Å². The Morgan fingerprint density at radius 1 is 1.06 bits per heavy atom. The molecule has 2 aliphatic rings. The van der Waals surface area contributed by atoms with Crippen molar-refractivity contribution in [2.24, 2.45) is 0 Å². The number of rotatable bonds is 6. The number of carbonyl (C=O) groups is 2. The quantitative estimate of drug-likeness (QED) is 0.712. The number of nitrogens with zero attached hydrogens (tertiary/aromatic N) is 2. The Morgan fingerprint density at radius 2 is 1.81 bits per heavy atom. The summed E-state index contributed by atoms with van der Waals surface area (Å²) in [6, 6.07) is 15.4. The van der Waals surface area contributed by atoms with Crippen molar-refractivity contribution in [3.63, 3.8) is 0 Å². The minimum absolute atomic E-state index is 0.0527. The smallest absolute Gasteiger partial charge is 0.251 e. The Hall–Kier alpha value is -2.06. The number of hydrogen-bond acceptors (Lipinski definition) is 5. The second-order valence-corrected chi connectivity index (χ2v) is 9.26. The van der Waals surface area contributed by atoms with Gasteiger partial charge in [-0.2, -0.15) is 0 Å². The van der Waals surface area contributed by atoms with Crippen LogP contribution in [0.3, 0.4) is 0 Å². The van der Waals surface area contributed by atoms with E-state index in [4.69, 9.17) is 16.3 Å². The van der Waals surface area contributed by atoms with Gasteiger partial charge in [0.25, 0.3) is 5.91 Å². The molecule has 0 aromatic heterocycles. The molecule has 2 heterocycles. The van der Waals surface area contributed by atoms with Crippen molar-refractivity contribution in [1.82, 2.24) is 9.80 Å². The van der Waals surface area contributed by atoms with Gasteiger partial charge in [0.05, 0.1) is 12.2 Å². The summed E-state index contributed by atoms with van der Waals surface area (Å²) in [5, 5.41) is 3.74. The average molecular weight is 460 g/mol. The van der Waals surface area contributed by atoms with Crippen molar-refractivity contribution in [3.05, 3.63) is 53.6 Å². The highest BCUT2D eigenvalue weighted by Crippen LogP contribution is 2.33. The van der Waals surface area contributed by atoms with Gasteiger partial charge in [-0.15, -0.1) is 0 Å². The number of para-hydroxylation sites is 1. The molecule has 4 rings (SSSR count). The third-order valence-electron chi connectivity index (χ3n) is 5.46. The second-order valence-electron chi connectivity index (χ2n) is 7.70. The van der Waals surface area contributed by atoms with Gasteiger partial charge in [-0.1, -0.05) is 35.5 Å². The van der Waals surface area contributed by atoms with Gasteiger partial charge in [-0.25, -0.2) is 0 Å². The molecule has 0 bridgehead atoms. The molecule has 8 heteroatoms. The highest BCUT2D eigenvalue weighted by Gasteiger charge is 2.30. The molecule has 2 saturated heterocycles. The lowest BCUT2D eigenvalue weighted by molar-refractivity contribution is -0.142. The Labute approximate surface area is 191 Å². The van der Waals surface area contributed by atoms with Crippen molar-refractivity contribution in [1.29, 1.82) is 0 Å². The lowest BCUT2D eigenvalue weighted by Crippen LogP contribution is -2.52. The van der Waals surface area contributed by atoms with Crippen LogP contribution in [0.4, 0.5) is 5.69 Å². The van der Waals surface area contributed by atoms with E-state index in [1.807, 2.05) is 53.4 Å². The largest absolute Gasteiger partial charge is 0.368 e. The van der Waals surface area contributed by atoms with Crippen LogP contribution in [0.5, 0.6) is 0 Å². The van der Waals surface area contributed by atoms with Crippen LogP contribution in [0.15, 0.2) is 58.3 Å². The van der Waals surface area contributed by atoms with E-state index in [9.17, 15) is 9.59 Å². The van der Waals surface area contributed by atoms with Crippen molar-refractivity contribution < 1.29 is 14.3 Å². The van der Waals surface area contributed by atoms with Crippen LogP contribution in [0, 0.1) is 0 Å². The molecular formula is C23H26ClN3O3S. The molecule has 2 amide bonds. The third-order valence-corrected chi connectivity index (χ3v) is 6.79. The molecule has 164 valence electrons. The molecule has 1 N–H and O–H groups in total. The number of benzene rings is 2. The van der Waals surface area contributed by atoms with Crippen LogP contribution in [-0.2, 0) is 14.3 Å². The van der Waals surface area contributed by atoms with Gasteiger partial charge in [0, 0.05) is 47.6 Å². The lowest BCUT2D eigenvalue weighted by atomic mass is 10.2. The number of anilines is 1. The summed E-state index contributed by atoms with van der Waals surface area (Å²) in [7, 11) is 0. The Kier molecular flexibility index (Phi) is 7.50. The fraction of sp³-hybridized carbons (Fsp3) is 0.391. The summed E-state index contributed by atoms with van der Waals surface area (Å²) in [6.07, 6.45) is 1.49. The maximum atomic E-state index is 12.7. The maximum Gasteiger partial charge on any atom is 0.251 e. The Morgan fingerprint density at radius 3 is 2.52 bits per heavy atom. The van der Waals surface area contributed by atoms with Crippen molar-refractivity contribution in [2.75, 3.05) is 44.6 Å². The number of amides is 2. The molecule has 1 unspecified atom stereocenters. The van der Waals surface area contributed by atoms with Gasteiger partial charge in [0.2, 0.25) is 5.91 Å². The van der Waals surface area contributed by atoms with Gasteiger partial charge in [-0.3, -0.25) is 14.5 Å². The van der Waals surface area contributed by atoms with Crippen LogP contribution in [0.25, 0.3) is 0 Å². The highest BCUT2D eigenvalue weighted by atomic mass is 35.5. The zero-order valence-corrected chi connectivity index (χ0v) is 18.8. The summed E-state index contributed by atoms with van der Waals surface area (Å²) >= 11 is 7.55. The third kappa shape index (κ3) is 6.01. The standard InChI is InChI=1S/C23H26ClN3O3S/c24-17-7-9-18(10-8-17)31-21-6-2-1-4-19(21)25-22(28)16-26-11-13-27(14-12-26)23(29)20-5-3-15-30-20/h1-2,4,6-10,20H,3,5,11-16H2,(H,25,28). The molecule has 0 radical (unpaired) electrons. The number of hydrogen-bond donors (Lipinski definition) is 1.